The summed E-state index contributed by atoms with van der Waals surface area (Å²) in [5.74, 6) is 1.57. The van der Waals surface area contributed by atoms with E-state index < -0.39 is 5.41 Å². The van der Waals surface area contributed by atoms with Crippen molar-refractivity contribution >= 4 is 5.97 Å². The molecule has 5 nitrogen and oxygen atoms in total. The molecule has 30 heavy (non-hydrogen) atoms. The lowest BCUT2D eigenvalue weighted by atomic mass is 9.97. The van der Waals surface area contributed by atoms with Crippen molar-refractivity contribution in [1.82, 2.24) is 10.0 Å². The molecular formula is C25H28N2O3. The summed E-state index contributed by atoms with van der Waals surface area (Å²) in [5, 5.41) is 1.77. The summed E-state index contributed by atoms with van der Waals surface area (Å²) in [6.45, 7) is 6.95. The van der Waals surface area contributed by atoms with E-state index >= 15 is 0 Å². The summed E-state index contributed by atoms with van der Waals surface area (Å²) in [6.07, 6.45) is 1.67. The molecule has 0 N–H and O–H groups in total. The Kier molecular flexibility index (Phi) is 5.73. The van der Waals surface area contributed by atoms with E-state index in [4.69, 9.17) is 14.2 Å². The molecule has 0 saturated carbocycles. The molecule has 0 bridgehead atoms. The van der Waals surface area contributed by atoms with Crippen molar-refractivity contribution in [3.8, 4) is 22.6 Å². The number of hydrogen-bond acceptors (Lipinski definition) is 5. The van der Waals surface area contributed by atoms with Gasteiger partial charge in [-0.3, -0.25) is 0 Å². The van der Waals surface area contributed by atoms with Gasteiger partial charge in [0.05, 0.1) is 5.41 Å². The molecule has 0 aliphatic carbocycles. The summed E-state index contributed by atoms with van der Waals surface area (Å²) in [4.78, 5) is 22.6. The number of aromatic nitrogens is 1. The topological polar surface area (TPSA) is 55.6 Å². The molecule has 156 valence electrons. The normalized spacial score (nSPS) is 15.8. The Morgan fingerprint density at radius 3 is 2.10 bits per heavy atom. The van der Waals surface area contributed by atoms with Gasteiger partial charge in [0.15, 0.2) is 11.7 Å². The third-order valence-corrected chi connectivity index (χ3v) is 5.35. The second kappa shape index (κ2) is 8.44. The minimum Gasteiger partial charge on any atom is -0.440 e. The molecule has 2 heterocycles. The summed E-state index contributed by atoms with van der Waals surface area (Å²) in [5.41, 5.74) is 2.43. The zero-order valence-electron chi connectivity index (χ0n) is 17.8. The monoisotopic (exact) mass is 404 g/mol. The first-order valence-corrected chi connectivity index (χ1v) is 10.5. The van der Waals surface area contributed by atoms with Gasteiger partial charge in [0.1, 0.15) is 5.69 Å². The van der Waals surface area contributed by atoms with Crippen LogP contribution in [0.1, 0.15) is 45.4 Å². The van der Waals surface area contributed by atoms with Gasteiger partial charge in [-0.25, -0.2) is 9.78 Å². The van der Waals surface area contributed by atoms with Crippen LogP contribution in [0.4, 0.5) is 0 Å². The molecule has 0 amide bonds. The molecule has 1 aromatic heterocycles. The van der Waals surface area contributed by atoms with Gasteiger partial charge in [-0.1, -0.05) is 60.7 Å². The maximum atomic E-state index is 12.2. The highest BCUT2D eigenvalue weighted by Gasteiger charge is 2.31. The first kappa shape index (κ1) is 20.4. The SMILES string of the molecule is CC(C)(C)C(=O)ON1CCC(c2nc(-c3ccccc3)c(-c3ccccc3)o2)CC1. The van der Waals surface area contributed by atoms with Gasteiger partial charge in [-0.2, -0.15) is 0 Å². The van der Waals surface area contributed by atoms with Gasteiger partial charge in [-0.05, 0) is 33.6 Å². The highest BCUT2D eigenvalue weighted by molar-refractivity contribution is 5.77. The zero-order chi connectivity index (χ0) is 21.1. The van der Waals surface area contributed by atoms with Gasteiger partial charge in [0, 0.05) is 30.1 Å². The van der Waals surface area contributed by atoms with Crippen LogP contribution in [0.25, 0.3) is 22.6 Å². The molecule has 1 aliphatic heterocycles. The molecule has 0 unspecified atom stereocenters. The minimum absolute atomic E-state index is 0.199. The fourth-order valence-electron chi connectivity index (χ4n) is 3.54. The molecule has 0 spiro atoms. The van der Waals surface area contributed by atoms with Crippen LogP contribution in [-0.2, 0) is 9.63 Å². The number of rotatable bonds is 4. The third kappa shape index (κ3) is 4.46. The van der Waals surface area contributed by atoms with Crippen LogP contribution in [0.15, 0.2) is 65.1 Å². The fourth-order valence-corrected chi connectivity index (χ4v) is 3.54. The Balaban J connectivity index is 1.54. The number of carbonyl (C=O) groups is 1. The second-order valence-electron chi connectivity index (χ2n) is 8.79. The van der Waals surface area contributed by atoms with Crippen molar-refractivity contribution in [1.29, 1.82) is 0 Å². The smallest absolute Gasteiger partial charge is 0.330 e. The van der Waals surface area contributed by atoms with Crippen molar-refractivity contribution in [2.24, 2.45) is 5.41 Å². The lowest BCUT2D eigenvalue weighted by molar-refractivity contribution is -0.204. The molecule has 4 rings (SSSR count). The largest absolute Gasteiger partial charge is 0.440 e. The lowest BCUT2D eigenvalue weighted by Gasteiger charge is -2.31. The maximum absolute atomic E-state index is 12.2. The van der Waals surface area contributed by atoms with E-state index in [1.807, 2.05) is 69.3 Å². The Hall–Kier alpha value is -2.92. The van der Waals surface area contributed by atoms with Crippen molar-refractivity contribution in [3.63, 3.8) is 0 Å². The number of nitrogens with zero attached hydrogens (tertiary/aromatic N) is 2. The molecular weight excluding hydrogens is 376 g/mol. The molecule has 3 aromatic rings. The van der Waals surface area contributed by atoms with E-state index in [0.717, 1.165) is 41.3 Å². The molecule has 1 fully saturated rings. The maximum Gasteiger partial charge on any atom is 0.330 e. The van der Waals surface area contributed by atoms with Crippen LogP contribution in [0.2, 0.25) is 0 Å². The molecule has 0 radical (unpaired) electrons. The van der Waals surface area contributed by atoms with Crippen molar-refractivity contribution < 1.29 is 14.0 Å². The average molecular weight is 405 g/mol. The molecule has 2 aromatic carbocycles. The minimum atomic E-state index is -0.505. The van der Waals surface area contributed by atoms with Crippen LogP contribution in [0.5, 0.6) is 0 Å². The Morgan fingerprint density at radius 2 is 1.53 bits per heavy atom. The van der Waals surface area contributed by atoms with E-state index in [9.17, 15) is 4.79 Å². The fraction of sp³-hybridized carbons (Fsp3) is 0.360. The van der Waals surface area contributed by atoms with E-state index in [1.165, 1.54) is 0 Å². The number of carbonyl (C=O) groups excluding carboxylic acids is 1. The van der Waals surface area contributed by atoms with Crippen LogP contribution < -0.4 is 0 Å². The van der Waals surface area contributed by atoms with Gasteiger partial charge in [-0.15, -0.1) is 5.06 Å². The van der Waals surface area contributed by atoms with Crippen LogP contribution in [0, 0.1) is 5.41 Å². The summed E-state index contributed by atoms with van der Waals surface area (Å²) >= 11 is 0. The zero-order valence-corrected chi connectivity index (χ0v) is 17.8. The second-order valence-corrected chi connectivity index (χ2v) is 8.79. The summed E-state index contributed by atoms with van der Waals surface area (Å²) in [6, 6.07) is 20.3. The highest BCUT2D eigenvalue weighted by Crippen LogP contribution is 2.37. The average Bonchev–Trinajstić information content (AvgIpc) is 3.20. The van der Waals surface area contributed by atoms with Crippen molar-refractivity contribution in [2.75, 3.05) is 13.1 Å². The number of hydrogen-bond donors (Lipinski definition) is 0. The van der Waals surface area contributed by atoms with Crippen LogP contribution in [0.3, 0.4) is 0 Å². The first-order chi connectivity index (χ1) is 14.4. The standard InChI is InChI=1S/C25H28N2O3/c1-25(2,3)24(28)30-27-16-14-20(15-17-27)23-26-21(18-10-6-4-7-11-18)22(29-23)19-12-8-5-9-13-19/h4-13,20H,14-17H2,1-3H3. The van der Waals surface area contributed by atoms with Crippen molar-refractivity contribution in [3.05, 3.63) is 66.6 Å². The van der Waals surface area contributed by atoms with E-state index in [2.05, 4.69) is 12.1 Å². The molecule has 1 saturated heterocycles. The van der Waals surface area contributed by atoms with Gasteiger partial charge < -0.3 is 9.25 Å². The quantitative estimate of drug-likeness (QED) is 0.559. The van der Waals surface area contributed by atoms with E-state index in [1.54, 1.807) is 5.06 Å². The predicted octanol–water partition coefficient (Wildman–Crippen LogP) is 5.69. The number of piperidine rings is 1. The Morgan fingerprint density at radius 1 is 0.967 bits per heavy atom. The number of hydroxylamine groups is 2. The summed E-state index contributed by atoms with van der Waals surface area (Å²) in [7, 11) is 0. The van der Waals surface area contributed by atoms with Crippen LogP contribution in [-0.4, -0.2) is 29.1 Å². The molecule has 1 aliphatic rings. The van der Waals surface area contributed by atoms with Gasteiger partial charge in [0.25, 0.3) is 0 Å². The first-order valence-electron chi connectivity index (χ1n) is 10.5. The van der Waals surface area contributed by atoms with Crippen molar-refractivity contribution in [2.45, 2.75) is 39.5 Å². The predicted molar refractivity (Wildman–Crippen MR) is 116 cm³/mol. The number of oxazole rings is 1. The molecule has 5 heteroatoms. The highest BCUT2D eigenvalue weighted by atomic mass is 16.7. The van der Waals surface area contributed by atoms with Gasteiger partial charge >= 0.3 is 5.97 Å². The third-order valence-electron chi connectivity index (χ3n) is 5.35. The summed E-state index contributed by atoms with van der Waals surface area (Å²) < 4.78 is 6.33. The lowest BCUT2D eigenvalue weighted by Crippen LogP contribution is -2.38. The van der Waals surface area contributed by atoms with E-state index in [-0.39, 0.29) is 11.9 Å². The van der Waals surface area contributed by atoms with E-state index in [0.29, 0.717) is 13.1 Å². The Bertz CT molecular complexity index is 925. The van der Waals surface area contributed by atoms with Crippen LogP contribution >= 0.6 is 0 Å². The number of benzene rings is 2. The Labute approximate surface area is 177 Å². The van der Waals surface area contributed by atoms with Gasteiger partial charge in [0.2, 0.25) is 0 Å². The molecule has 0 atom stereocenters.